The maximum Gasteiger partial charge on any atom is 0.417 e. The third kappa shape index (κ3) is 3.27. The summed E-state index contributed by atoms with van der Waals surface area (Å²) in [4.78, 5) is 0. The Bertz CT molecular complexity index is 809. The van der Waals surface area contributed by atoms with Crippen molar-refractivity contribution in [3.8, 4) is 22.3 Å². The van der Waals surface area contributed by atoms with Crippen molar-refractivity contribution in [3.05, 3.63) is 81.9 Å². The van der Waals surface area contributed by atoms with Gasteiger partial charge in [-0.25, -0.2) is 0 Å². The van der Waals surface area contributed by atoms with Gasteiger partial charge in [0.05, 0.1) is 5.56 Å². The molecule has 0 N–H and O–H groups in total. The number of benzene rings is 3. The van der Waals surface area contributed by atoms with Gasteiger partial charge in [0.1, 0.15) is 0 Å². The Kier molecular flexibility index (Phi) is 4.43. The highest BCUT2D eigenvalue weighted by Gasteiger charge is 2.35. The van der Waals surface area contributed by atoms with E-state index in [1.54, 1.807) is 30.3 Å². The molecular formula is C19H12F3I. The lowest BCUT2D eigenvalue weighted by atomic mass is 9.90. The summed E-state index contributed by atoms with van der Waals surface area (Å²) in [6.07, 6.45) is -4.40. The van der Waals surface area contributed by atoms with Gasteiger partial charge in [-0.1, -0.05) is 60.7 Å². The van der Waals surface area contributed by atoms with E-state index in [-0.39, 0.29) is 5.56 Å². The highest BCUT2D eigenvalue weighted by Crippen LogP contribution is 2.44. The van der Waals surface area contributed by atoms with Crippen LogP contribution in [0.1, 0.15) is 5.56 Å². The van der Waals surface area contributed by atoms with Crippen molar-refractivity contribution >= 4 is 22.6 Å². The van der Waals surface area contributed by atoms with Gasteiger partial charge in [0.2, 0.25) is 0 Å². The first-order chi connectivity index (χ1) is 11.0. The highest BCUT2D eigenvalue weighted by molar-refractivity contribution is 14.1. The molecule has 0 saturated carbocycles. The summed E-state index contributed by atoms with van der Waals surface area (Å²) in [5, 5.41) is 0. The second-order valence-corrected chi connectivity index (χ2v) is 6.24. The van der Waals surface area contributed by atoms with Gasteiger partial charge in [-0.15, -0.1) is 0 Å². The molecular weight excluding hydrogens is 412 g/mol. The maximum atomic E-state index is 13.6. The van der Waals surface area contributed by atoms with Gasteiger partial charge in [-0.05, 0) is 45.9 Å². The zero-order valence-corrected chi connectivity index (χ0v) is 14.1. The standard InChI is InChI=1S/C19H12F3I/c20-19(21,22)15-11-12-16(23)18(14-9-5-2-6-10-14)17(15)13-7-3-1-4-8-13/h1-12H. The quantitative estimate of drug-likeness (QED) is 0.405. The van der Waals surface area contributed by atoms with Gasteiger partial charge in [-0.3, -0.25) is 0 Å². The maximum absolute atomic E-state index is 13.6. The van der Waals surface area contributed by atoms with Gasteiger partial charge in [-0.2, -0.15) is 13.2 Å². The van der Waals surface area contributed by atoms with E-state index in [0.717, 1.165) is 15.2 Å². The smallest absolute Gasteiger partial charge is 0.166 e. The van der Waals surface area contributed by atoms with Crippen LogP contribution in [-0.4, -0.2) is 0 Å². The average molecular weight is 424 g/mol. The monoisotopic (exact) mass is 424 g/mol. The first-order valence-corrected chi connectivity index (χ1v) is 8.07. The van der Waals surface area contributed by atoms with E-state index in [1.165, 1.54) is 6.07 Å². The van der Waals surface area contributed by atoms with Gasteiger partial charge in [0, 0.05) is 14.7 Å². The van der Waals surface area contributed by atoms with Crippen LogP contribution in [0.15, 0.2) is 72.8 Å². The molecule has 0 bridgehead atoms. The molecule has 0 spiro atoms. The average Bonchev–Trinajstić information content (AvgIpc) is 2.55. The number of halogens is 4. The van der Waals surface area contributed by atoms with Crippen molar-refractivity contribution in [1.29, 1.82) is 0 Å². The van der Waals surface area contributed by atoms with Gasteiger partial charge in [0.25, 0.3) is 0 Å². The predicted octanol–water partition coefficient (Wildman–Crippen LogP) is 6.64. The zero-order valence-electron chi connectivity index (χ0n) is 11.9. The number of rotatable bonds is 2. The lowest BCUT2D eigenvalue weighted by Crippen LogP contribution is -2.09. The second-order valence-electron chi connectivity index (χ2n) is 5.07. The Morgan fingerprint density at radius 2 is 1.09 bits per heavy atom. The molecule has 0 aliphatic rings. The van der Waals surface area contributed by atoms with Crippen LogP contribution in [0.3, 0.4) is 0 Å². The van der Waals surface area contributed by atoms with Crippen LogP contribution >= 0.6 is 22.6 Å². The van der Waals surface area contributed by atoms with Crippen LogP contribution < -0.4 is 0 Å². The molecule has 0 nitrogen and oxygen atoms in total. The molecule has 0 saturated heterocycles. The van der Waals surface area contributed by atoms with Gasteiger partial charge >= 0.3 is 6.18 Å². The Labute approximate surface area is 146 Å². The first kappa shape index (κ1) is 16.1. The molecule has 3 aromatic carbocycles. The van der Waals surface area contributed by atoms with Crippen LogP contribution in [0.2, 0.25) is 0 Å². The van der Waals surface area contributed by atoms with E-state index >= 15 is 0 Å². The molecule has 0 atom stereocenters. The van der Waals surface area contributed by atoms with E-state index in [1.807, 2.05) is 30.3 Å². The van der Waals surface area contributed by atoms with Crippen molar-refractivity contribution in [2.24, 2.45) is 0 Å². The largest absolute Gasteiger partial charge is 0.417 e. The van der Waals surface area contributed by atoms with E-state index < -0.39 is 11.7 Å². The molecule has 0 amide bonds. The van der Waals surface area contributed by atoms with E-state index in [0.29, 0.717) is 11.1 Å². The molecule has 0 radical (unpaired) electrons. The molecule has 4 heteroatoms. The van der Waals surface area contributed by atoms with Crippen LogP contribution in [0, 0.1) is 3.57 Å². The number of hydrogen-bond acceptors (Lipinski definition) is 0. The van der Waals surface area contributed by atoms with Crippen molar-refractivity contribution in [2.45, 2.75) is 6.18 Å². The minimum Gasteiger partial charge on any atom is -0.166 e. The SMILES string of the molecule is FC(F)(F)c1ccc(I)c(-c2ccccc2)c1-c1ccccc1. The minimum absolute atomic E-state index is 0.233. The normalized spacial score (nSPS) is 11.5. The molecule has 23 heavy (non-hydrogen) atoms. The fourth-order valence-corrected chi connectivity index (χ4v) is 3.37. The van der Waals surface area contributed by atoms with Gasteiger partial charge in [0.15, 0.2) is 0 Å². The third-order valence-electron chi connectivity index (χ3n) is 3.58. The predicted molar refractivity (Wildman–Crippen MR) is 95.0 cm³/mol. The Hall–Kier alpha value is -1.82. The lowest BCUT2D eigenvalue weighted by molar-refractivity contribution is -0.137. The Morgan fingerprint density at radius 1 is 0.609 bits per heavy atom. The molecule has 0 aliphatic heterocycles. The van der Waals surface area contributed by atoms with Gasteiger partial charge < -0.3 is 0 Å². The summed E-state index contributed by atoms with van der Waals surface area (Å²) in [7, 11) is 0. The summed E-state index contributed by atoms with van der Waals surface area (Å²) in [5.41, 5.74) is 1.59. The second kappa shape index (κ2) is 6.35. The molecule has 116 valence electrons. The third-order valence-corrected chi connectivity index (χ3v) is 4.48. The van der Waals surface area contributed by atoms with Crippen molar-refractivity contribution < 1.29 is 13.2 Å². The van der Waals surface area contributed by atoms with E-state index in [2.05, 4.69) is 22.6 Å². The zero-order chi connectivity index (χ0) is 16.4. The van der Waals surface area contributed by atoms with E-state index in [9.17, 15) is 13.2 Å². The van der Waals surface area contributed by atoms with Crippen LogP contribution in [0.25, 0.3) is 22.3 Å². The summed E-state index contributed by atoms with van der Waals surface area (Å²) >= 11 is 2.09. The molecule has 0 aromatic heterocycles. The summed E-state index contributed by atoms with van der Waals surface area (Å²) < 4.78 is 41.5. The molecule has 0 aliphatic carbocycles. The van der Waals surface area contributed by atoms with E-state index in [4.69, 9.17) is 0 Å². The number of hydrogen-bond donors (Lipinski definition) is 0. The highest BCUT2D eigenvalue weighted by atomic mass is 127. The van der Waals surface area contributed by atoms with Crippen molar-refractivity contribution in [1.82, 2.24) is 0 Å². The summed E-state index contributed by atoms with van der Waals surface area (Å²) in [6.45, 7) is 0. The Morgan fingerprint density at radius 3 is 1.57 bits per heavy atom. The van der Waals surface area contributed by atoms with Crippen molar-refractivity contribution in [3.63, 3.8) is 0 Å². The fraction of sp³-hybridized carbons (Fsp3) is 0.0526. The van der Waals surface area contributed by atoms with Crippen LogP contribution in [-0.2, 0) is 6.18 Å². The molecule has 3 rings (SSSR count). The summed E-state index contributed by atoms with van der Waals surface area (Å²) in [5.74, 6) is 0. The number of alkyl halides is 3. The molecule has 0 heterocycles. The fourth-order valence-electron chi connectivity index (χ4n) is 2.61. The lowest BCUT2D eigenvalue weighted by Gasteiger charge is -2.19. The topological polar surface area (TPSA) is 0 Å². The molecule has 0 unspecified atom stereocenters. The molecule has 3 aromatic rings. The van der Waals surface area contributed by atoms with Crippen molar-refractivity contribution in [2.75, 3.05) is 0 Å². The molecule has 0 fully saturated rings. The van der Waals surface area contributed by atoms with Crippen LogP contribution in [0.4, 0.5) is 13.2 Å². The Balaban J connectivity index is 2.39. The minimum atomic E-state index is -4.40. The first-order valence-electron chi connectivity index (χ1n) is 6.99. The summed E-state index contributed by atoms with van der Waals surface area (Å²) in [6, 6.07) is 20.6. The van der Waals surface area contributed by atoms with Crippen LogP contribution in [0.5, 0.6) is 0 Å².